The van der Waals surface area contributed by atoms with Gasteiger partial charge in [0.05, 0.1) is 19.0 Å². The Balaban J connectivity index is 1.44. The quantitative estimate of drug-likeness (QED) is 0.666. The number of nitrogens with zero attached hydrogens (tertiary/aromatic N) is 3. The monoisotopic (exact) mass is 396 g/mol. The van der Waals surface area contributed by atoms with Crippen LogP contribution in [-0.4, -0.2) is 39.6 Å². The number of fused-ring (bicyclic) bond motifs is 1. The molecule has 1 aliphatic rings. The minimum Gasteiger partial charge on any atom is -0.490 e. The number of carbonyl (C=O) groups is 1. The van der Waals surface area contributed by atoms with Crippen molar-refractivity contribution in [1.82, 2.24) is 14.8 Å². The maximum absolute atomic E-state index is 12.1. The molecule has 1 aromatic heterocycles. The third-order valence-corrected chi connectivity index (χ3v) is 5.25. The number of para-hydroxylation sites is 1. The van der Waals surface area contributed by atoms with Gasteiger partial charge in [0.2, 0.25) is 5.91 Å². The van der Waals surface area contributed by atoms with Crippen molar-refractivity contribution in [3.05, 3.63) is 48.5 Å². The topological polar surface area (TPSA) is 78.3 Å². The number of benzene rings is 2. The van der Waals surface area contributed by atoms with E-state index in [1.54, 1.807) is 0 Å². The molecule has 0 spiro atoms. The van der Waals surface area contributed by atoms with Crippen LogP contribution in [0.3, 0.4) is 0 Å². The van der Waals surface area contributed by atoms with Crippen molar-refractivity contribution in [2.45, 2.75) is 11.6 Å². The van der Waals surface area contributed by atoms with E-state index >= 15 is 0 Å². The number of rotatable bonds is 5. The molecule has 2 aromatic carbocycles. The second-order valence-corrected chi connectivity index (χ2v) is 7.22. The van der Waals surface area contributed by atoms with E-state index in [0.717, 1.165) is 29.2 Å². The second kappa shape index (κ2) is 8.35. The summed E-state index contributed by atoms with van der Waals surface area (Å²) in [5.74, 6) is 2.34. The summed E-state index contributed by atoms with van der Waals surface area (Å²) in [5, 5.41) is 12.0. The molecule has 0 saturated heterocycles. The molecule has 0 radical (unpaired) electrons. The van der Waals surface area contributed by atoms with Crippen LogP contribution in [0, 0.1) is 0 Å². The largest absolute Gasteiger partial charge is 0.490 e. The van der Waals surface area contributed by atoms with Crippen LogP contribution in [0.25, 0.3) is 11.4 Å². The standard InChI is InChI=1S/C20H20N4O3S/c1-24-19(14-8-9-16-17(12-14)27-11-5-10-26-16)22-23-20(24)28-13-18(25)21-15-6-3-2-4-7-15/h2-4,6-9,12H,5,10-11,13H2,1H3,(H,21,25). The first-order chi connectivity index (χ1) is 13.7. The van der Waals surface area contributed by atoms with Gasteiger partial charge in [0.15, 0.2) is 22.5 Å². The van der Waals surface area contributed by atoms with Crippen LogP contribution in [0.2, 0.25) is 0 Å². The Labute approximate surface area is 167 Å². The third kappa shape index (κ3) is 4.12. The Hall–Kier alpha value is -3.00. The summed E-state index contributed by atoms with van der Waals surface area (Å²) in [6.07, 6.45) is 0.861. The highest BCUT2D eigenvalue weighted by molar-refractivity contribution is 7.99. The number of amides is 1. The fraction of sp³-hybridized carbons (Fsp3) is 0.250. The van der Waals surface area contributed by atoms with E-state index in [4.69, 9.17) is 9.47 Å². The number of hydrogen-bond donors (Lipinski definition) is 1. The third-order valence-electron chi connectivity index (χ3n) is 4.23. The predicted molar refractivity (Wildman–Crippen MR) is 108 cm³/mol. The number of hydrogen-bond acceptors (Lipinski definition) is 6. The van der Waals surface area contributed by atoms with Gasteiger partial charge in [0.1, 0.15) is 0 Å². The molecule has 1 aliphatic heterocycles. The highest BCUT2D eigenvalue weighted by atomic mass is 32.2. The van der Waals surface area contributed by atoms with Gasteiger partial charge in [-0.2, -0.15) is 0 Å². The molecule has 0 fully saturated rings. The van der Waals surface area contributed by atoms with Crippen molar-refractivity contribution in [2.75, 3.05) is 24.3 Å². The summed E-state index contributed by atoms with van der Waals surface area (Å²) in [6.45, 7) is 1.29. The van der Waals surface area contributed by atoms with Gasteiger partial charge in [-0.3, -0.25) is 4.79 Å². The van der Waals surface area contributed by atoms with E-state index in [2.05, 4.69) is 15.5 Å². The van der Waals surface area contributed by atoms with Crippen LogP contribution in [0.4, 0.5) is 5.69 Å². The molecule has 0 unspecified atom stereocenters. The number of nitrogens with one attached hydrogen (secondary N) is 1. The van der Waals surface area contributed by atoms with Crippen LogP contribution in [0.15, 0.2) is 53.7 Å². The zero-order valence-electron chi connectivity index (χ0n) is 15.4. The summed E-state index contributed by atoms with van der Waals surface area (Å²) >= 11 is 1.34. The molecular formula is C20H20N4O3S. The average Bonchev–Trinajstić information content (AvgIpc) is 2.92. The highest BCUT2D eigenvalue weighted by Gasteiger charge is 2.16. The van der Waals surface area contributed by atoms with Crippen LogP contribution in [0.1, 0.15) is 6.42 Å². The van der Waals surface area contributed by atoms with Crippen LogP contribution in [0.5, 0.6) is 11.5 Å². The minimum atomic E-state index is -0.0867. The molecule has 3 aromatic rings. The lowest BCUT2D eigenvalue weighted by molar-refractivity contribution is -0.113. The van der Waals surface area contributed by atoms with Gasteiger partial charge in [-0.05, 0) is 30.3 Å². The van der Waals surface area contributed by atoms with Crippen LogP contribution >= 0.6 is 11.8 Å². The van der Waals surface area contributed by atoms with Crippen molar-refractivity contribution in [3.63, 3.8) is 0 Å². The van der Waals surface area contributed by atoms with Gasteiger partial charge in [0.25, 0.3) is 0 Å². The van der Waals surface area contributed by atoms with Gasteiger partial charge >= 0.3 is 0 Å². The molecule has 0 atom stereocenters. The molecule has 4 rings (SSSR count). The van der Waals surface area contributed by atoms with Gasteiger partial charge in [-0.15, -0.1) is 10.2 Å². The van der Waals surface area contributed by atoms with Crippen molar-refractivity contribution in [1.29, 1.82) is 0 Å². The van der Waals surface area contributed by atoms with Gasteiger partial charge < -0.3 is 19.4 Å². The van der Waals surface area contributed by atoms with E-state index in [9.17, 15) is 4.79 Å². The van der Waals surface area contributed by atoms with E-state index < -0.39 is 0 Å². The van der Waals surface area contributed by atoms with E-state index in [1.807, 2.05) is 60.1 Å². The Morgan fingerprint density at radius 1 is 1.11 bits per heavy atom. The molecule has 8 heteroatoms. The molecule has 0 aliphatic carbocycles. The summed E-state index contributed by atoms with van der Waals surface area (Å²) in [4.78, 5) is 12.1. The first-order valence-electron chi connectivity index (χ1n) is 8.98. The Morgan fingerprint density at radius 2 is 1.89 bits per heavy atom. The molecule has 7 nitrogen and oxygen atoms in total. The van der Waals surface area contributed by atoms with Gasteiger partial charge in [0, 0.05) is 24.7 Å². The molecule has 1 N–H and O–H groups in total. The summed E-state index contributed by atoms with van der Waals surface area (Å²) < 4.78 is 13.3. The molecular weight excluding hydrogens is 376 g/mol. The lowest BCUT2D eigenvalue weighted by Crippen LogP contribution is -2.14. The number of thioether (sulfide) groups is 1. The number of anilines is 1. The minimum absolute atomic E-state index is 0.0867. The lowest BCUT2D eigenvalue weighted by atomic mass is 10.2. The zero-order valence-corrected chi connectivity index (χ0v) is 16.2. The van der Waals surface area contributed by atoms with Gasteiger partial charge in [-0.1, -0.05) is 30.0 Å². The van der Waals surface area contributed by atoms with E-state index in [0.29, 0.717) is 24.2 Å². The lowest BCUT2D eigenvalue weighted by Gasteiger charge is -2.09. The van der Waals surface area contributed by atoms with Crippen LogP contribution in [-0.2, 0) is 11.8 Å². The van der Waals surface area contributed by atoms with E-state index in [-0.39, 0.29) is 11.7 Å². The van der Waals surface area contributed by atoms with Crippen molar-refractivity contribution < 1.29 is 14.3 Å². The second-order valence-electron chi connectivity index (χ2n) is 6.28. The Morgan fingerprint density at radius 3 is 2.71 bits per heavy atom. The molecule has 1 amide bonds. The van der Waals surface area contributed by atoms with Gasteiger partial charge in [-0.25, -0.2) is 0 Å². The summed E-state index contributed by atoms with van der Waals surface area (Å²) in [5.41, 5.74) is 1.67. The summed E-state index contributed by atoms with van der Waals surface area (Å²) in [6, 6.07) is 15.1. The summed E-state index contributed by atoms with van der Waals surface area (Å²) in [7, 11) is 1.88. The highest BCUT2D eigenvalue weighted by Crippen LogP contribution is 2.34. The van der Waals surface area contributed by atoms with E-state index in [1.165, 1.54) is 11.8 Å². The van der Waals surface area contributed by atoms with Crippen molar-refractivity contribution >= 4 is 23.4 Å². The average molecular weight is 396 g/mol. The zero-order chi connectivity index (χ0) is 19.3. The maximum atomic E-state index is 12.1. The Kier molecular flexibility index (Phi) is 5.48. The number of aromatic nitrogens is 3. The fourth-order valence-electron chi connectivity index (χ4n) is 2.84. The molecule has 0 bridgehead atoms. The maximum Gasteiger partial charge on any atom is 0.234 e. The number of carbonyl (C=O) groups excluding carboxylic acids is 1. The molecule has 144 valence electrons. The molecule has 2 heterocycles. The fourth-order valence-corrected chi connectivity index (χ4v) is 3.55. The van der Waals surface area contributed by atoms with Crippen molar-refractivity contribution in [2.24, 2.45) is 7.05 Å². The SMILES string of the molecule is Cn1c(SCC(=O)Nc2ccccc2)nnc1-c1ccc2c(c1)OCCCO2. The normalized spacial score (nSPS) is 13.0. The molecule has 0 saturated carbocycles. The predicted octanol–water partition coefficient (Wildman–Crippen LogP) is 3.37. The molecule has 28 heavy (non-hydrogen) atoms. The Bertz CT molecular complexity index is 975. The van der Waals surface area contributed by atoms with Crippen LogP contribution < -0.4 is 14.8 Å². The first-order valence-corrected chi connectivity index (χ1v) is 9.96. The van der Waals surface area contributed by atoms with Crippen molar-refractivity contribution in [3.8, 4) is 22.9 Å². The number of ether oxygens (including phenoxy) is 2. The smallest absolute Gasteiger partial charge is 0.234 e. The first kappa shape index (κ1) is 18.4.